The average molecular weight is 468 g/mol. The van der Waals surface area contributed by atoms with Crippen LogP contribution < -0.4 is 5.43 Å². The minimum atomic E-state index is -0.217. The van der Waals surface area contributed by atoms with Gasteiger partial charge in [-0.05, 0) is 55.5 Å². The standard InChI is InChI=1S/C22H18ClN5OS2/c1-15-7-12-19(31-15)13-24-25-20(29)14-30-22-27-26-21(16-8-10-17(23)11-9-16)28(22)18-5-3-2-4-6-18/h2-13H,14H2,1H3,(H,25,29). The van der Waals surface area contributed by atoms with Crippen LogP contribution in [0.15, 0.2) is 77.0 Å². The Morgan fingerprint density at radius 1 is 1.13 bits per heavy atom. The number of thioether (sulfide) groups is 1. The van der Waals surface area contributed by atoms with Crippen molar-refractivity contribution in [2.45, 2.75) is 12.1 Å². The molecule has 31 heavy (non-hydrogen) atoms. The molecule has 4 rings (SSSR count). The first-order chi connectivity index (χ1) is 15.1. The van der Waals surface area contributed by atoms with Crippen molar-refractivity contribution in [2.75, 3.05) is 5.75 Å². The first kappa shape index (κ1) is 21.3. The summed E-state index contributed by atoms with van der Waals surface area (Å²) in [5, 5.41) is 14.0. The molecule has 0 unspecified atom stereocenters. The van der Waals surface area contributed by atoms with Crippen LogP contribution in [0.2, 0.25) is 5.02 Å². The van der Waals surface area contributed by atoms with Crippen LogP contribution in [-0.4, -0.2) is 32.6 Å². The second kappa shape index (κ2) is 9.91. The highest BCUT2D eigenvalue weighted by molar-refractivity contribution is 7.99. The van der Waals surface area contributed by atoms with E-state index in [0.29, 0.717) is 16.0 Å². The number of benzene rings is 2. The predicted octanol–water partition coefficient (Wildman–Crippen LogP) is 5.20. The SMILES string of the molecule is Cc1ccc(C=NNC(=O)CSc2nnc(-c3ccc(Cl)cc3)n2-c2ccccc2)s1. The van der Waals surface area contributed by atoms with Crippen molar-refractivity contribution in [3.05, 3.63) is 81.5 Å². The van der Waals surface area contributed by atoms with E-state index < -0.39 is 0 Å². The topological polar surface area (TPSA) is 72.2 Å². The Balaban J connectivity index is 1.50. The summed E-state index contributed by atoms with van der Waals surface area (Å²) in [6.45, 7) is 2.03. The maximum Gasteiger partial charge on any atom is 0.250 e. The summed E-state index contributed by atoms with van der Waals surface area (Å²) < 4.78 is 1.93. The van der Waals surface area contributed by atoms with E-state index in [4.69, 9.17) is 11.6 Å². The summed E-state index contributed by atoms with van der Waals surface area (Å²) in [6, 6.07) is 21.2. The fourth-order valence-electron chi connectivity index (χ4n) is 2.81. The van der Waals surface area contributed by atoms with Crippen molar-refractivity contribution in [1.29, 1.82) is 0 Å². The Labute approximate surface area is 193 Å². The summed E-state index contributed by atoms with van der Waals surface area (Å²) in [5.74, 6) is 0.619. The molecule has 4 aromatic rings. The molecule has 2 aromatic carbocycles. The van der Waals surface area contributed by atoms with Crippen LogP contribution in [0.25, 0.3) is 17.1 Å². The molecule has 0 aliphatic heterocycles. The predicted molar refractivity (Wildman–Crippen MR) is 127 cm³/mol. The third kappa shape index (κ3) is 5.41. The van der Waals surface area contributed by atoms with Gasteiger partial charge in [-0.2, -0.15) is 5.10 Å². The zero-order chi connectivity index (χ0) is 21.6. The fourth-order valence-corrected chi connectivity index (χ4v) is 4.43. The molecule has 2 heterocycles. The van der Waals surface area contributed by atoms with Crippen LogP contribution >= 0.6 is 34.7 Å². The van der Waals surface area contributed by atoms with Gasteiger partial charge in [-0.15, -0.1) is 21.5 Å². The molecule has 0 atom stereocenters. The van der Waals surface area contributed by atoms with E-state index in [-0.39, 0.29) is 11.7 Å². The van der Waals surface area contributed by atoms with Crippen molar-refractivity contribution in [3.63, 3.8) is 0 Å². The van der Waals surface area contributed by atoms with Crippen LogP contribution in [0.1, 0.15) is 9.75 Å². The summed E-state index contributed by atoms with van der Waals surface area (Å²) in [4.78, 5) is 14.4. The van der Waals surface area contributed by atoms with Gasteiger partial charge in [-0.1, -0.05) is 41.6 Å². The van der Waals surface area contributed by atoms with E-state index in [1.54, 1.807) is 17.6 Å². The average Bonchev–Trinajstić information content (AvgIpc) is 3.39. The number of hydrogen-bond donors (Lipinski definition) is 1. The highest BCUT2D eigenvalue weighted by Crippen LogP contribution is 2.28. The number of thiophene rings is 1. The molecule has 0 fully saturated rings. The molecule has 9 heteroatoms. The monoisotopic (exact) mass is 467 g/mol. The van der Waals surface area contributed by atoms with Gasteiger partial charge in [-0.3, -0.25) is 9.36 Å². The molecule has 0 spiro atoms. The molecular formula is C22H18ClN5OS2. The molecule has 1 N–H and O–H groups in total. The zero-order valence-electron chi connectivity index (χ0n) is 16.5. The van der Waals surface area contributed by atoms with E-state index in [2.05, 4.69) is 20.7 Å². The molecule has 0 bridgehead atoms. The lowest BCUT2D eigenvalue weighted by Gasteiger charge is -2.10. The smallest absolute Gasteiger partial charge is 0.250 e. The van der Waals surface area contributed by atoms with Gasteiger partial charge >= 0.3 is 0 Å². The first-order valence-corrected chi connectivity index (χ1v) is 11.6. The maximum atomic E-state index is 12.3. The Morgan fingerprint density at radius 2 is 1.90 bits per heavy atom. The van der Waals surface area contributed by atoms with Crippen LogP contribution in [0.5, 0.6) is 0 Å². The Bertz CT molecular complexity index is 1200. The van der Waals surface area contributed by atoms with Crippen LogP contribution in [0.3, 0.4) is 0 Å². The van der Waals surface area contributed by atoms with Crippen molar-refractivity contribution >= 4 is 46.8 Å². The maximum absolute atomic E-state index is 12.3. The zero-order valence-corrected chi connectivity index (χ0v) is 18.9. The number of para-hydroxylation sites is 1. The number of aryl methyl sites for hydroxylation is 1. The van der Waals surface area contributed by atoms with E-state index in [1.807, 2.05) is 78.2 Å². The Morgan fingerprint density at radius 3 is 2.61 bits per heavy atom. The van der Waals surface area contributed by atoms with Crippen LogP contribution in [0.4, 0.5) is 0 Å². The summed E-state index contributed by atoms with van der Waals surface area (Å²) >= 11 is 8.94. The molecule has 156 valence electrons. The quantitative estimate of drug-likeness (QED) is 0.230. The number of rotatable bonds is 7. The number of nitrogens with zero attached hydrogens (tertiary/aromatic N) is 4. The lowest BCUT2D eigenvalue weighted by atomic mass is 10.2. The lowest BCUT2D eigenvalue weighted by molar-refractivity contribution is -0.118. The minimum absolute atomic E-state index is 0.159. The van der Waals surface area contributed by atoms with Gasteiger partial charge in [0.15, 0.2) is 11.0 Å². The molecule has 2 aromatic heterocycles. The summed E-state index contributed by atoms with van der Waals surface area (Å²) in [6.07, 6.45) is 1.64. The van der Waals surface area contributed by atoms with Crippen LogP contribution in [0, 0.1) is 6.92 Å². The van der Waals surface area contributed by atoms with Gasteiger partial charge in [0.05, 0.1) is 12.0 Å². The van der Waals surface area contributed by atoms with E-state index >= 15 is 0 Å². The van der Waals surface area contributed by atoms with Crippen molar-refractivity contribution in [3.8, 4) is 17.1 Å². The molecule has 0 aliphatic carbocycles. The molecule has 0 aliphatic rings. The van der Waals surface area contributed by atoms with Gasteiger partial charge in [-0.25, -0.2) is 5.43 Å². The second-order valence-corrected chi connectivity index (χ2v) is 9.21. The fraction of sp³-hybridized carbons (Fsp3) is 0.0909. The van der Waals surface area contributed by atoms with Gasteiger partial charge in [0.25, 0.3) is 5.91 Å². The van der Waals surface area contributed by atoms with Crippen molar-refractivity contribution in [1.82, 2.24) is 20.2 Å². The highest BCUT2D eigenvalue weighted by atomic mass is 35.5. The molecule has 0 saturated carbocycles. The van der Waals surface area contributed by atoms with Gasteiger partial charge < -0.3 is 0 Å². The Kier molecular flexibility index (Phi) is 6.81. The van der Waals surface area contributed by atoms with Gasteiger partial charge in [0.2, 0.25) is 0 Å². The summed E-state index contributed by atoms with van der Waals surface area (Å²) in [5.41, 5.74) is 4.35. The Hall–Kier alpha value is -2.94. The number of hydrazone groups is 1. The van der Waals surface area contributed by atoms with Crippen molar-refractivity contribution < 1.29 is 4.79 Å². The molecule has 0 saturated heterocycles. The second-order valence-electron chi connectivity index (χ2n) is 6.51. The minimum Gasteiger partial charge on any atom is -0.272 e. The molecule has 1 amide bonds. The molecule has 6 nitrogen and oxygen atoms in total. The van der Waals surface area contributed by atoms with Gasteiger partial charge in [0.1, 0.15) is 0 Å². The van der Waals surface area contributed by atoms with E-state index in [0.717, 1.165) is 16.1 Å². The van der Waals surface area contributed by atoms with Gasteiger partial charge in [0, 0.05) is 26.0 Å². The van der Waals surface area contributed by atoms with E-state index in [1.165, 1.54) is 16.6 Å². The van der Waals surface area contributed by atoms with E-state index in [9.17, 15) is 4.79 Å². The lowest BCUT2D eigenvalue weighted by Crippen LogP contribution is -2.19. The number of nitrogens with one attached hydrogen (secondary N) is 1. The van der Waals surface area contributed by atoms with Crippen LogP contribution in [-0.2, 0) is 4.79 Å². The normalized spacial score (nSPS) is 11.2. The number of hydrogen-bond acceptors (Lipinski definition) is 6. The number of carbonyl (C=O) groups excluding carboxylic acids is 1. The number of aromatic nitrogens is 3. The number of halogens is 1. The summed E-state index contributed by atoms with van der Waals surface area (Å²) in [7, 11) is 0. The first-order valence-electron chi connectivity index (χ1n) is 9.38. The van der Waals surface area contributed by atoms with Crippen molar-refractivity contribution in [2.24, 2.45) is 5.10 Å². The number of amides is 1. The highest BCUT2D eigenvalue weighted by Gasteiger charge is 2.17. The molecule has 0 radical (unpaired) electrons. The largest absolute Gasteiger partial charge is 0.272 e. The third-order valence-corrected chi connectivity index (χ3v) is 6.34. The third-order valence-electron chi connectivity index (χ3n) is 4.22. The number of carbonyl (C=O) groups is 1. The molecular weight excluding hydrogens is 450 g/mol.